The van der Waals surface area contributed by atoms with Crippen LogP contribution in [0.4, 0.5) is 0 Å². The molecule has 3 rings (SSSR count). The minimum atomic E-state index is 1.38. The average molecular weight is 204 g/mol. The molecule has 0 nitrogen and oxygen atoms in total. The molecule has 0 saturated heterocycles. The minimum Gasteiger partial charge on any atom is -0.144 e. The van der Waals surface area contributed by atoms with Crippen LogP contribution in [-0.4, -0.2) is 0 Å². The summed E-state index contributed by atoms with van der Waals surface area (Å²) in [5.74, 6) is 0. The molecule has 0 amide bonds. The van der Waals surface area contributed by atoms with Crippen LogP contribution >= 0.6 is 22.7 Å². The smallest absolute Gasteiger partial charge is 0.0432 e. The van der Waals surface area contributed by atoms with E-state index in [0.717, 1.165) is 0 Å². The number of benzene rings is 1. The summed E-state index contributed by atoms with van der Waals surface area (Å²) in [6, 6.07) is 8.92. The third kappa shape index (κ3) is 1.02. The lowest BCUT2D eigenvalue weighted by Gasteiger charge is -1.90. The molecular formula is C11H8S2. The standard InChI is InChI=1S/C11H8S2/c1-7-6-8-2-3-10-9(4-5-12-10)11(8)13-7/h2-6H,1H3. The first-order chi connectivity index (χ1) is 6.34. The second kappa shape index (κ2) is 2.56. The van der Waals surface area contributed by atoms with Crippen LogP contribution in [-0.2, 0) is 0 Å². The molecule has 0 fully saturated rings. The molecule has 0 bridgehead atoms. The van der Waals surface area contributed by atoms with E-state index >= 15 is 0 Å². The van der Waals surface area contributed by atoms with Gasteiger partial charge in [0.15, 0.2) is 0 Å². The Hall–Kier alpha value is -0.860. The zero-order valence-electron chi connectivity index (χ0n) is 7.20. The summed E-state index contributed by atoms with van der Waals surface area (Å²) in [6.45, 7) is 2.17. The van der Waals surface area contributed by atoms with E-state index in [-0.39, 0.29) is 0 Å². The monoisotopic (exact) mass is 204 g/mol. The SMILES string of the molecule is Cc1cc2ccc3sccc3c2s1. The highest BCUT2D eigenvalue weighted by Gasteiger charge is 2.03. The van der Waals surface area contributed by atoms with Gasteiger partial charge in [-0.25, -0.2) is 0 Å². The van der Waals surface area contributed by atoms with Gasteiger partial charge in [-0.05, 0) is 35.9 Å². The summed E-state index contributed by atoms with van der Waals surface area (Å²) in [4.78, 5) is 1.40. The number of hydrogen-bond donors (Lipinski definition) is 0. The zero-order valence-corrected chi connectivity index (χ0v) is 8.84. The predicted molar refractivity (Wildman–Crippen MR) is 61.9 cm³/mol. The molecule has 0 atom stereocenters. The summed E-state index contributed by atoms with van der Waals surface area (Å²) in [5.41, 5.74) is 0. The first kappa shape index (κ1) is 7.54. The van der Waals surface area contributed by atoms with Gasteiger partial charge in [-0.2, -0.15) is 0 Å². The van der Waals surface area contributed by atoms with Gasteiger partial charge in [0.1, 0.15) is 0 Å². The molecule has 0 aliphatic carbocycles. The highest BCUT2D eigenvalue weighted by Crippen LogP contribution is 2.34. The number of hydrogen-bond acceptors (Lipinski definition) is 2. The minimum absolute atomic E-state index is 1.38. The van der Waals surface area contributed by atoms with Crippen molar-refractivity contribution < 1.29 is 0 Å². The number of rotatable bonds is 0. The molecule has 0 spiro atoms. The quantitative estimate of drug-likeness (QED) is 0.508. The molecule has 1 aromatic carbocycles. The fourth-order valence-corrected chi connectivity index (χ4v) is 3.57. The van der Waals surface area contributed by atoms with E-state index in [1.54, 1.807) is 0 Å². The molecule has 3 aromatic rings. The van der Waals surface area contributed by atoms with E-state index in [0.29, 0.717) is 0 Å². The lowest BCUT2D eigenvalue weighted by molar-refractivity contribution is 1.66. The molecule has 64 valence electrons. The van der Waals surface area contributed by atoms with Gasteiger partial charge in [0.05, 0.1) is 0 Å². The molecule has 0 aliphatic rings. The van der Waals surface area contributed by atoms with E-state index < -0.39 is 0 Å². The van der Waals surface area contributed by atoms with Gasteiger partial charge in [0, 0.05) is 19.7 Å². The van der Waals surface area contributed by atoms with Crippen molar-refractivity contribution in [2.24, 2.45) is 0 Å². The Kier molecular flexibility index (Phi) is 1.49. The fourth-order valence-electron chi connectivity index (χ4n) is 1.67. The van der Waals surface area contributed by atoms with Crippen molar-refractivity contribution in [3.63, 3.8) is 0 Å². The molecule has 2 heterocycles. The summed E-state index contributed by atoms with van der Waals surface area (Å²) in [5, 5.41) is 4.97. The van der Waals surface area contributed by atoms with Gasteiger partial charge >= 0.3 is 0 Å². The lowest BCUT2D eigenvalue weighted by atomic mass is 10.2. The molecule has 0 N–H and O–H groups in total. The Labute approximate surface area is 84.4 Å². The van der Waals surface area contributed by atoms with Crippen LogP contribution in [0.2, 0.25) is 0 Å². The van der Waals surface area contributed by atoms with Gasteiger partial charge < -0.3 is 0 Å². The number of aryl methyl sites for hydroxylation is 1. The van der Waals surface area contributed by atoms with Crippen molar-refractivity contribution in [3.05, 3.63) is 34.5 Å². The van der Waals surface area contributed by atoms with Crippen LogP contribution in [0, 0.1) is 6.92 Å². The molecule has 0 aliphatic heterocycles. The normalized spacial score (nSPS) is 11.5. The summed E-state index contributed by atoms with van der Waals surface area (Å²) in [7, 11) is 0. The predicted octanol–water partition coefficient (Wildman–Crippen LogP) is 4.42. The van der Waals surface area contributed by atoms with Crippen LogP contribution in [0.25, 0.3) is 20.2 Å². The maximum absolute atomic E-state index is 2.26. The third-order valence-electron chi connectivity index (χ3n) is 2.24. The molecule has 2 heteroatoms. The average Bonchev–Trinajstić information content (AvgIpc) is 2.65. The topological polar surface area (TPSA) is 0 Å². The van der Waals surface area contributed by atoms with Gasteiger partial charge in [-0.1, -0.05) is 6.07 Å². The van der Waals surface area contributed by atoms with Crippen LogP contribution in [0.15, 0.2) is 29.6 Å². The Morgan fingerprint density at radius 3 is 3.00 bits per heavy atom. The first-order valence-corrected chi connectivity index (χ1v) is 5.90. The van der Waals surface area contributed by atoms with E-state index in [4.69, 9.17) is 0 Å². The zero-order chi connectivity index (χ0) is 8.84. The van der Waals surface area contributed by atoms with Crippen LogP contribution in [0.5, 0.6) is 0 Å². The maximum Gasteiger partial charge on any atom is 0.0432 e. The molecule has 0 saturated carbocycles. The Morgan fingerprint density at radius 2 is 2.08 bits per heavy atom. The van der Waals surface area contributed by atoms with E-state index in [1.807, 2.05) is 22.7 Å². The van der Waals surface area contributed by atoms with Crippen molar-refractivity contribution in [1.29, 1.82) is 0 Å². The number of thiophene rings is 2. The molecular weight excluding hydrogens is 196 g/mol. The summed E-state index contributed by atoms with van der Waals surface area (Å²) in [6.07, 6.45) is 0. The van der Waals surface area contributed by atoms with Gasteiger partial charge in [0.2, 0.25) is 0 Å². The summed E-state index contributed by atoms with van der Waals surface area (Å²) < 4.78 is 2.84. The Balaban J connectivity index is 2.64. The Morgan fingerprint density at radius 1 is 1.15 bits per heavy atom. The van der Waals surface area contributed by atoms with Crippen LogP contribution < -0.4 is 0 Å². The van der Waals surface area contributed by atoms with Crippen molar-refractivity contribution in [2.45, 2.75) is 6.92 Å². The van der Waals surface area contributed by atoms with Gasteiger partial charge in [0.25, 0.3) is 0 Å². The van der Waals surface area contributed by atoms with Crippen molar-refractivity contribution in [2.75, 3.05) is 0 Å². The van der Waals surface area contributed by atoms with Gasteiger partial charge in [-0.3, -0.25) is 0 Å². The van der Waals surface area contributed by atoms with Crippen LogP contribution in [0.1, 0.15) is 4.88 Å². The molecule has 0 unspecified atom stereocenters. The Bertz CT molecular complexity index is 572. The third-order valence-corrected chi connectivity index (χ3v) is 4.22. The molecule has 13 heavy (non-hydrogen) atoms. The second-order valence-electron chi connectivity index (χ2n) is 3.17. The highest BCUT2D eigenvalue weighted by atomic mass is 32.1. The molecule has 2 aromatic heterocycles. The fraction of sp³-hybridized carbons (Fsp3) is 0.0909. The van der Waals surface area contributed by atoms with E-state index in [1.165, 1.54) is 25.0 Å². The maximum atomic E-state index is 2.26. The molecule has 0 radical (unpaired) electrons. The summed E-state index contributed by atoms with van der Waals surface area (Å²) >= 11 is 3.71. The van der Waals surface area contributed by atoms with E-state index in [2.05, 4.69) is 36.6 Å². The largest absolute Gasteiger partial charge is 0.144 e. The van der Waals surface area contributed by atoms with Crippen molar-refractivity contribution in [3.8, 4) is 0 Å². The first-order valence-electron chi connectivity index (χ1n) is 4.21. The second-order valence-corrected chi connectivity index (χ2v) is 5.38. The van der Waals surface area contributed by atoms with Crippen LogP contribution in [0.3, 0.4) is 0 Å². The van der Waals surface area contributed by atoms with E-state index in [9.17, 15) is 0 Å². The van der Waals surface area contributed by atoms with Crippen molar-refractivity contribution in [1.82, 2.24) is 0 Å². The van der Waals surface area contributed by atoms with Crippen molar-refractivity contribution >= 4 is 42.8 Å². The number of fused-ring (bicyclic) bond motifs is 3. The van der Waals surface area contributed by atoms with Gasteiger partial charge in [-0.15, -0.1) is 22.7 Å². The highest BCUT2D eigenvalue weighted by molar-refractivity contribution is 7.22. The lowest BCUT2D eigenvalue weighted by Crippen LogP contribution is -1.62.